The van der Waals surface area contributed by atoms with Crippen LogP contribution in [-0.4, -0.2) is 16.5 Å². The highest BCUT2D eigenvalue weighted by molar-refractivity contribution is 7.99. The van der Waals surface area contributed by atoms with Crippen LogP contribution < -0.4 is 5.32 Å². The van der Waals surface area contributed by atoms with Crippen molar-refractivity contribution in [2.45, 2.75) is 29.8 Å². The number of halogens is 1. The van der Waals surface area contributed by atoms with Crippen LogP contribution in [0, 0.1) is 0 Å². The lowest BCUT2D eigenvalue weighted by Gasteiger charge is -2.11. The Labute approximate surface area is 122 Å². The van der Waals surface area contributed by atoms with E-state index in [-0.39, 0.29) is 6.04 Å². The molecule has 0 aliphatic rings. The Bertz CT molecular complexity index is 513. The van der Waals surface area contributed by atoms with Crippen molar-refractivity contribution >= 4 is 23.4 Å². The third-order valence-corrected chi connectivity index (χ3v) is 3.79. The Balaban J connectivity index is 2.04. The van der Waals surface area contributed by atoms with Crippen molar-refractivity contribution < 1.29 is 0 Å². The van der Waals surface area contributed by atoms with Crippen LogP contribution in [0.4, 0.5) is 0 Å². The Kier molecular flexibility index (Phi) is 5.19. The van der Waals surface area contributed by atoms with Crippen LogP contribution >= 0.6 is 23.4 Å². The molecule has 2 rings (SSSR count). The lowest BCUT2D eigenvalue weighted by atomic mass is 10.2. The number of pyridine rings is 2. The number of hydrogen-bond acceptors (Lipinski definition) is 4. The quantitative estimate of drug-likeness (QED) is 0.906. The predicted molar refractivity (Wildman–Crippen MR) is 79.7 cm³/mol. The van der Waals surface area contributed by atoms with E-state index in [9.17, 15) is 0 Å². The van der Waals surface area contributed by atoms with Crippen molar-refractivity contribution in [1.29, 1.82) is 0 Å². The van der Waals surface area contributed by atoms with Crippen LogP contribution in [0.3, 0.4) is 0 Å². The van der Waals surface area contributed by atoms with Crippen LogP contribution in [0.15, 0.2) is 46.6 Å². The molecule has 0 saturated carbocycles. The maximum absolute atomic E-state index is 5.81. The summed E-state index contributed by atoms with van der Waals surface area (Å²) < 4.78 is 0. The number of hydrogen-bond donors (Lipinski definition) is 1. The third-order valence-electron chi connectivity index (χ3n) is 2.64. The second kappa shape index (κ2) is 6.89. The van der Waals surface area contributed by atoms with E-state index in [0.717, 1.165) is 22.2 Å². The molecule has 0 radical (unpaired) electrons. The number of rotatable bonds is 5. The average molecular weight is 294 g/mol. The highest BCUT2D eigenvalue weighted by Crippen LogP contribution is 2.26. The SMILES string of the molecule is CCNC(C)c1ccc(Sc2ccc(Cl)cn2)cn1. The molecule has 1 N–H and O–H groups in total. The van der Waals surface area contributed by atoms with Gasteiger partial charge in [-0.05, 0) is 37.7 Å². The number of nitrogens with zero attached hydrogens (tertiary/aromatic N) is 2. The molecule has 0 aliphatic carbocycles. The molecule has 5 heteroatoms. The molecule has 100 valence electrons. The summed E-state index contributed by atoms with van der Waals surface area (Å²) >= 11 is 7.39. The van der Waals surface area contributed by atoms with Gasteiger partial charge < -0.3 is 5.32 Å². The van der Waals surface area contributed by atoms with Gasteiger partial charge in [0.2, 0.25) is 0 Å². The van der Waals surface area contributed by atoms with Gasteiger partial charge >= 0.3 is 0 Å². The smallest absolute Gasteiger partial charge is 0.101 e. The first-order chi connectivity index (χ1) is 9.19. The Morgan fingerprint density at radius 3 is 2.63 bits per heavy atom. The molecular formula is C14H16ClN3S. The lowest BCUT2D eigenvalue weighted by molar-refractivity contribution is 0.582. The fourth-order valence-electron chi connectivity index (χ4n) is 1.66. The van der Waals surface area contributed by atoms with Gasteiger partial charge in [0.15, 0.2) is 0 Å². The maximum Gasteiger partial charge on any atom is 0.101 e. The molecule has 0 saturated heterocycles. The van der Waals surface area contributed by atoms with Gasteiger partial charge in [0.25, 0.3) is 0 Å². The van der Waals surface area contributed by atoms with Crippen LogP contribution in [0.1, 0.15) is 25.6 Å². The molecule has 1 atom stereocenters. The highest BCUT2D eigenvalue weighted by Gasteiger charge is 2.05. The van der Waals surface area contributed by atoms with Crippen LogP contribution in [0.2, 0.25) is 5.02 Å². The van der Waals surface area contributed by atoms with E-state index >= 15 is 0 Å². The van der Waals surface area contributed by atoms with E-state index in [1.165, 1.54) is 0 Å². The Morgan fingerprint density at radius 2 is 2.05 bits per heavy atom. The van der Waals surface area contributed by atoms with Crippen molar-refractivity contribution in [3.05, 3.63) is 47.4 Å². The summed E-state index contributed by atoms with van der Waals surface area (Å²) in [4.78, 5) is 9.80. The van der Waals surface area contributed by atoms with Gasteiger partial charge in [0.1, 0.15) is 5.03 Å². The van der Waals surface area contributed by atoms with Gasteiger partial charge in [-0.2, -0.15) is 0 Å². The second-order valence-corrected chi connectivity index (χ2v) is 5.65. The summed E-state index contributed by atoms with van der Waals surface area (Å²) in [5, 5.41) is 4.91. The van der Waals surface area contributed by atoms with E-state index in [4.69, 9.17) is 11.6 Å². The van der Waals surface area contributed by atoms with Crippen LogP contribution in [0.25, 0.3) is 0 Å². The molecule has 0 spiro atoms. The van der Waals surface area contributed by atoms with Crippen LogP contribution in [0.5, 0.6) is 0 Å². The number of aromatic nitrogens is 2. The standard InChI is InChI=1S/C14H16ClN3S/c1-3-16-10(2)13-6-5-12(9-17-13)19-14-7-4-11(15)8-18-14/h4-10,16H,3H2,1-2H3. The Morgan fingerprint density at radius 1 is 1.21 bits per heavy atom. The third kappa shape index (κ3) is 4.20. The topological polar surface area (TPSA) is 37.8 Å². The van der Waals surface area contributed by atoms with Gasteiger partial charge in [-0.25, -0.2) is 4.98 Å². The van der Waals surface area contributed by atoms with Crippen molar-refractivity contribution in [2.24, 2.45) is 0 Å². The summed E-state index contributed by atoms with van der Waals surface area (Å²) in [7, 11) is 0. The summed E-state index contributed by atoms with van der Waals surface area (Å²) in [5.41, 5.74) is 1.05. The first-order valence-corrected chi connectivity index (χ1v) is 7.37. The molecule has 19 heavy (non-hydrogen) atoms. The largest absolute Gasteiger partial charge is 0.309 e. The van der Waals surface area contributed by atoms with Gasteiger partial charge in [-0.1, -0.05) is 30.3 Å². The lowest BCUT2D eigenvalue weighted by Crippen LogP contribution is -2.18. The zero-order valence-corrected chi connectivity index (χ0v) is 12.5. The predicted octanol–water partition coefficient (Wildman–Crippen LogP) is 3.95. The number of nitrogens with one attached hydrogen (secondary N) is 1. The molecule has 2 heterocycles. The molecule has 1 unspecified atom stereocenters. The monoisotopic (exact) mass is 293 g/mol. The van der Waals surface area contributed by atoms with Gasteiger partial charge in [-0.3, -0.25) is 4.98 Å². The molecule has 0 bridgehead atoms. The van der Waals surface area contributed by atoms with Gasteiger partial charge in [0.05, 0.1) is 10.7 Å². The van der Waals surface area contributed by atoms with E-state index < -0.39 is 0 Å². The second-order valence-electron chi connectivity index (χ2n) is 4.11. The minimum absolute atomic E-state index is 0.276. The van der Waals surface area contributed by atoms with Crippen molar-refractivity contribution in [3.63, 3.8) is 0 Å². The minimum atomic E-state index is 0.276. The van der Waals surface area contributed by atoms with E-state index in [1.807, 2.05) is 24.4 Å². The molecule has 0 amide bonds. The zero-order chi connectivity index (χ0) is 13.7. The molecule has 3 nitrogen and oxygen atoms in total. The first-order valence-electron chi connectivity index (χ1n) is 6.17. The molecule has 2 aromatic rings. The average Bonchev–Trinajstić information content (AvgIpc) is 2.42. The molecule has 0 fully saturated rings. The maximum atomic E-state index is 5.81. The molecule has 2 aromatic heterocycles. The fourth-order valence-corrected chi connectivity index (χ4v) is 2.50. The highest BCUT2D eigenvalue weighted by atomic mass is 35.5. The zero-order valence-electron chi connectivity index (χ0n) is 10.9. The van der Waals surface area contributed by atoms with E-state index in [0.29, 0.717) is 5.02 Å². The van der Waals surface area contributed by atoms with Gasteiger partial charge in [0, 0.05) is 23.3 Å². The van der Waals surface area contributed by atoms with Crippen molar-refractivity contribution in [1.82, 2.24) is 15.3 Å². The van der Waals surface area contributed by atoms with Crippen LogP contribution in [-0.2, 0) is 0 Å². The van der Waals surface area contributed by atoms with Crippen molar-refractivity contribution in [2.75, 3.05) is 6.54 Å². The van der Waals surface area contributed by atoms with E-state index in [2.05, 4.69) is 35.2 Å². The fraction of sp³-hybridized carbons (Fsp3) is 0.286. The Hall–Kier alpha value is -1.10. The summed E-state index contributed by atoms with van der Waals surface area (Å²) in [6.45, 7) is 5.14. The first kappa shape index (κ1) is 14.3. The van der Waals surface area contributed by atoms with E-state index in [1.54, 1.807) is 18.0 Å². The summed E-state index contributed by atoms with van der Waals surface area (Å²) in [6, 6.07) is 8.13. The molecule has 0 aliphatic heterocycles. The minimum Gasteiger partial charge on any atom is -0.309 e. The van der Waals surface area contributed by atoms with Gasteiger partial charge in [-0.15, -0.1) is 0 Å². The van der Waals surface area contributed by atoms with Crippen molar-refractivity contribution in [3.8, 4) is 0 Å². The molecule has 0 aromatic carbocycles. The summed E-state index contributed by atoms with van der Waals surface area (Å²) in [6.07, 6.45) is 3.53. The normalized spacial score (nSPS) is 12.4. The summed E-state index contributed by atoms with van der Waals surface area (Å²) in [5.74, 6) is 0. The molecular weight excluding hydrogens is 278 g/mol.